The number of rotatable bonds is 3. The van der Waals surface area contributed by atoms with E-state index in [1.165, 1.54) is 0 Å². The zero-order valence-corrected chi connectivity index (χ0v) is 24.7. The average Bonchev–Trinajstić information content (AvgIpc) is 3.29. The van der Waals surface area contributed by atoms with Crippen molar-refractivity contribution in [2.45, 2.75) is 81.9 Å². The van der Waals surface area contributed by atoms with Crippen molar-refractivity contribution >= 4 is 0 Å². The summed E-state index contributed by atoms with van der Waals surface area (Å²) < 4.78 is 5.58. The third-order valence-corrected chi connectivity index (χ3v) is 2.99. The molecular formula is C21H39N6Re3-3. The molecule has 3 rings (SSSR count). The van der Waals surface area contributed by atoms with E-state index < -0.39 is 0 Å². The molecule has 0 fully saturated rings. The summed E-state index contributed by atoms with van der Waals surface area (Å²) in [5.74, 6) is 0. The van der Waals surface area contributed by atoms with E-state index in [0.29, 0.717) is 18.1 Å². The Bertz CT molecular complexity index is 531. The minimum Gasteiger partial charge on any atom is -0.452 e. The van der Waals surface area contributed by atoms with Crippen LogP contribution in [0.1, 0.15) is 81.9 Å². The standard InChI is InChI=1S/3C6H9N2.3CH4.3Re/c1-6(2)8-4-3-7-5-8;2*1-6(2)8-5-3-4-7-8;;;;;;/h3-4,6H,1-2H3;4-6H,1-2H3;3-4,6H,1-2H3;3*1H4;;;/q3*-1;;;;;;. The SMILES string of the molecule is C.C.C.CC(C)n1[c-]ccn1.CC(C)n1[c-]ncc1.CC(C)n1c[c-]cn1.[Re].[Re].[Re]. The molecule has 3 aromatic heterocycles. The van der Waals surface area contributed by atoms with Crippen molar-refractivity contribution in [2.24, 2.45) is 0 Å². The quantitative estimate of drug-likeness (QED) is 0.318. The van der Waals surface area contributed by atoms with Crippen molar-refractivity contribution < 1.29 is 61.3 Å². The zero-order valence-electron chi connectivity index (χ0n) is 16.5. The van der Waals surface area contributed by atoms with Crippen LogP contribution in [-0.2, 0) is 61.3 Å². The predicted molar refractivity (Wildman–Crippen MR) is 115 cm³/mol. The Kier molecular flexibility index (Phi) is 36.1. The number of imidazole rings is 1. The molecule has 0 aliphatic heterocycles. The maximum atomic E-state index is 3.98. The predicted octanol–water partition coefficient (Wildman–Crippen LogP) is 5.69. The monoisotopic (exact) mass is 936 g/mol. The van der Waals surface area contributed by atoms with Gasteiger partial charge in [-0.1, -0.05) is 22.3 Å². The van der Waals surface area contributed by atoms with Crippen molar-refractivity contribution in [3.63, 3.8) is 0 Å². The smallest absolute Gasteiger partial charge is 0.0428 e. The van der Waals surface area contributed by atoms with Gasteiger partial charge in [0.15, 0.2) is 0 Å². The fraction of sp³-hybridized carbons (Fsp3) is 0.571. The molecule has 6 nitrogen and oxygen atoms in total. The summed E-state index contributed by atoms with van der Waals surface area (Å²) >= 11 is 0. The van der Waals surface area contributed by atoms with Gasteiger partial charge in [-0.3, -0.25) is 5.10 Å². The Hall–Kier alpha value is -0.383. The molecule has 0 saturated heterocycles. The fourth-order valence-electron chi connectivity index (χ4n) is 1.58. The molecule has 0 aromatic carbocycles. The maximum Gasteiger partial charge on any atom is 0.0428 e. The van der Waals surface area contributed by atoms with E-state index in [4.69, 9.17) is 0 Å². The first-order valence-electron chi connectivity index (χ1n) is 8.13. The van der Waals surface area contributed by atoms with Gasteiger partial charge in [-0.2, -0.15) is 12.3 Å². The van der Waals surface area contributed by atoms with E-state index >= 15 is 0 Å². The van der Waals surface area contributed by atoms with Crippen molar-refractivity contribution in [3.8, 4) is 0 Å². The summed E-state index contributed by atoms with van der Waals surface area (Å²) in [5, 5.41) is 7.95. The van der Waals surface area contributed by atoms with Crippen LogP contribution in [0.4, 0.5) is 0 Å². The van der Waals surface area contributed by atoms with Crippen LogP contribution in [0.15, 0.2) is 37.1 Å². The van der Waals surface area contributed by atoms with Gasteiger partial charge in [0.1, 0.15) is 0 Å². The van der Waals surface area contributed by atoms with Crippen molar-refractivity contribution in [3.05, 3.63) is 55.6 Å². The second kappa shape index (κ2) is 24.9. The minimum atomic E-state index is 0. The van der Waals surface area contributed by atoms with Crippen LogP contribution in [-0.4, -0.2) is 29.1 Å². The molecule has 0 aliphatic carbocycles. The number of aromatic nitrogens is 6. The molecule has 0 atom stereocenters. The first-order valence-corrected chi connectivity index (χ1v) is 8.13. The third-order valence-electron chi connectivity index (χ3n) is 2.99. The summed E-state index contributed by atoms with van der Waals surface area (Å²) in [5.41, 5.74) is 0. The van der Waals surface area contributed by atoms with Crippen molar-refractivity contribution in [1.29, 1.82) is 0 Å². The molecule has 0 amide bonds. The number of nitrogens with zero attached hydrogens (tertiary/aromatic N) is 6. The molecule has 0 saturated carbocycles. The Morgan fingerprint density at radius 3 is 1.57 bits per heavy atom. The van der Waals surface area contributed by atoms with Gasteiger partial charge in [0.2, 0.25) is 0 Å². The van der Waals surface area contributed by atoms with E-state index in [1.54, 1.807) is 29.3 Å². The van der Waals surface area contributed by atoms with E-state index in [0.717, 1.165) is 0 Å². The Morgan fingerprint density at radius 1 is 0.767 bits per heavy atom. The van der Waals surface area contributed by atoms with Crippen LogP contribution in [0.3, 0.4) is 0 Å². The summed E-state index contributed by atoms with van der Waals surface area (Å²) in [6.45, 7) is 12.5. The Labute approximate surface area is 226 Å². The normalized spacial score (nSPS) is 8.30. The second-order valence-electron chi connectivity index (χ2n) is 6.04. The summed E-state index contributed by atoms with van der Waals surface area (Å²) in [4.78, 5) is 3.78. The molecule has 0 aliphatic rings. The van der Waals surface area contributed by atoms with Gasteiger partial charge in [-0.15, -0.1) is 31.0 Å². The third kappa shape index (κ3) is 18.4. The molecule has 9 heteroatoms. The minimum absolute atomic E-state index is 0. The van der Waals surface area contributed by atoms with E-state index in [2.05, 4.69) is 75.3 Å². The molecule has 0 N–H and O–H groups in total. The van der Waals surface area contributed by atoms with E-state index in [-0.39, 0.29) is 83.5 Å². The van der Waals surface area contributed by atoms with Crippen LogP contribution in [0.2, 0.25) is 0 Å². The van der Waals surface area contributed by atoms with Gasteiger partial charge >= 0.3 is 0 Å². The zero-order chi connectivity index (χ0) is 17.9. The molecular weight excluding hydrogens is 895 g/mol. The van der Waals surface area contributed by atoms with Gasteiger partial charge in [0.25, 0.3) is 0 Å². The molecule has 0 bridgehead atoms. The fourth-order valence-corrected chi connectivity index (χ4v) is 1.58. The maximum absolute atomic E-state index is 3.98. The van der Waals surface area contributed by atoms with Gasteiger partial charge in [-0.25, -0.2) is 5.10 Å². The Balaban J connectivity index is -0.0000000655. The van der Waals surface area contributed by atoms with Crippen LogP contribution in [0.25, 0.3) is 0 Å². The molecule has 3 heterocycles. The van der Waals surface area contributed by atoms with Gasteiger partial charge in [0.05, 0.1) is 0 Å². The van der Waals surface area contributed by atoms with Crippen LogP contribution >= 0.6 is 0 Å². The average molecular weight is 934 g/mol. The van der Waals surface area contributed by atoms with Crippen LogP contribution in [0, 0.1) is 18.6 Å². The summed E-state index contributed by atoms with van der Waals surface area (Å²) in [6.07, 6.45) is 14.6. The van der Waals surface area contributed by atoms with Crippen LogP contribution < -0.4 is 0 Å². The Morgan fingerprint density at radius 2 is 1.37 bits per heavy atom. The molecule has 30 heavy (non-hydrogen) atoms. The second-order valence-corrected chi connectivity index (χ2v) is 6.04. The van der Waals surface area contributed by atoms with E-state index in [9.17, 15) is 0 Å². The van der Waals surface area contributed by atoms with Crippen molar-refractivity contribution in [2.75, 3.05) is 0 Å². The van der Waals surface area contributed by atoms with Crippen LogP contribution in [0.5, 0.6) is 0 Å². The summed E-state index contributed by atoms with van der Waals surface area (Å²) in [7, 11) is 0. The topological polar surface area (TPSA) is 53.5 Å². The molecule has 3 radical (unpaired) electrons. The summed E-state index contributed by atoms with van der Waals surface area (Å²) in [6, 6.07) is 6.05. The first-order chi connectivity index (χ1) is 11.4. The largest absolute Gasteiger partial charge is 0.452 e. The molecule has 0 unspecified atom stereocenters. The van der Waals surface area contributed by atoms with Gasteiger partial charge in [-0.05, 0) is 41.5 Å². The van der Waals surface area contributed by atoms with Gasteiger partial charge < -0.3 is 25.0 Å². The molecule has 177 valence electrons. The number of hydrogen-bond donors (Lipinski definition) is 0. The van der Waals surface area contributed by atoms with Crippen molar-refractivity contribution in [1.82, 2.24) is 29.1 Å². The molecule has 0 spiro atoms. The van der Waals surface area contributed by atoms with Gasteiger partial charge in [0, 0.05) is 85.7 Å². The molecule has 3 aromatic rings. The van der Waals surface area contributed by atoms with E-state index in [1.807, 2.05) is 21.6 Å². The number of hydrogen-bond acceptors (Lipinski definition) is 3. The first kappa shape index (κ1) is 43.5.